The molecule has 4 rings (SSSR count). The summed E-state index contributed by atoms with van der Waals surface area (Å²) in [6.45, 7) is 2.54. The smallest absolute Gasteiger partial charge is 0.255 e. The predicted molar refractivity (Wildman–Crippen MR) is 91.6 cm³/mol. The Bertz CT molecular complexity index is 905. The number of hydrogen-bond donors (Lipinski definition) is 0. The number of aromatic nitrogens is 2. The van der Waals surface area contributed by atoms with Crippen molar-refractivity contribution in [2.24, 2.45) is 0 Å². The minimum absolute atomic E-state index is 0.0291. The number of nitrogens with zero attached hydrogens (tertiary/aromatic N) is 3. The lowest BCUT2D eigenvalue weighted by Gasteiger charge is -2.24. The minimum Gasteiger partial charge on any atom is -0.329 e. The Kier molecular flexibility index (Phi) is 3.76. The molecule has 0 radical (unpaired) electrons. The number of amides is 1. The fraction of sp³-hybridized carbons (Fsp3) is 0.278. The van der Waals surface area contributed by atoms with Crippen molar-refractivity contribution < 1.29 is 9.18 Å². The average molecular weight is 341 g/mol. The van der Waals surface area contributed by atoms with Crippen LogP contribution in [0, 0.1) is 12.7 Å². The first kappa shape index (κ1) is 15.2. The molecule has 1 unspecified atom stereocenters. The number of likely N-dealkylation sites (tertiary alicyclic amines) is 1. The summed E-state index contributed by atoms with van der Waals surface area (Å²) in [6, 6.07) is 6.21. The van der Waals surface area contributed by atoms with E-state index in [-0.39, 0.29) is 17.8 Å². The van der Waals surface area contributed by atoms with Crippen LogP contribution in [0.2, 0.25) is 0 Å². The summed E-state index contributed by atoms with van der Waals surface area (Å²) >= 11 is 1.58. The molecule has 0 N–H and O–H groups in total. The van der Waals surface area contributed by atoms with E-state index >= 15 is 0 Å². The molecule has 1 aliphatic rings. The molecule has 1 amide bonds. The standard InChI is InChI=1S/C18H16FN3OS/c1-11-9-14(13-5-4-12(19)10-15(13)21-11)18(23)22-7-2-3-16(22)17-20-6-8-24-17/h4-6,8-10,16H,2-3,7H2,1H3. The molecule has 1 saturated heterocycles. The molecule has 0 aliphatic carbocycles. The number of hydrogen-bond acceptors (Lipinski definition) is 4. The topological polar surface area (TPSA) is 46.1 Å². The van der Waals surface area contributed by atoms with Gasteiger partial charge in [-0.1, -0.05) is 0 Å². The van der Waals surface area contributed by atoms with E-state index in [9.17, 15) is 9.18 Å². The minimum atomic E-state index is -0.346. The van der Waals surface area contributed by atoms with Crippen molar-refractivity contribution in [2.45, 2.75) is 25.8 Å². The molecule has 0 bridgehead atoms. The third-order valence-electron chi connectivity index (χ3n) is 4.38. The SMILES string of the molecule is Cc1cc(C(=O)N2CCCC2c2nccs2)c2ccc(F)cc2n1. The van der Waals surface area contributed by atoms with Crippen LogP contribution in [-0.4, -0.2) is 27.3 Å². The van der Waals surface area contributed by atoms with Gasteiger partial charge in [0.15, 0.2) is 0 Å². The van der Waals surface area contributed by atoms with Gasteiger partial charge in [0, 0.05) is 35.3 Å². The predicted octanol–water partition coefficient (Wildman–Crippen LogP) is 4.12. The number of rotatable bonds is 2. The van der Waals surface area contributed by atoms with E-state index in [2.05, 4.69) is 9.97 Å². The molecule has 4 nitrogen and oxygen atoms in total. The number of fused-ring (bicyclic) bond motifs is 1. The van der Waals surface area contributed by atoms with Gasteiger partial charge >= 0.3 is 0 Å². The van der Waals surface area contributed by atoms with Crippen LogP contribution in [0.4, 0.5) is 4.39 Å². The maximum Gasteiger partial charge on any atom is 0.255 e. The van der Waals surface area contributed by atoms with Crippen LogP contribution in [0.1, 0.15) is 39.9 Å². The first-order chi connectivity index (χ1) is 11.6. The van der Waals surface area contributed by atoms with Crippen LogP contribution in [0.3, 0.4) is 0 Å². The molecule has 1 fully saturated rings. The van der Waals surface area contributed by atoms with Crippen molar-refractivity contribution in [3.05, 3.63) is 57.9 Å². The number of halogens is 1. The summed E-state index contributed by atoms with van der Waals surface area (Å²) in [7, 11) is 0. The molecular formula is C18H16FN3OS. The maximum atomic E-state index is 13.5. The summed E-state index contributed by atoms with van der Waals surface area (Å²) in [6.07, 6.45) is 3.66. The van der Waals surface area contributed by atoms with Crippen LogP contribution in [0.15, 0.2) is 35.8 Å². The van der Waals surface area contributed by atoms with Gasteiger partial charge in [0.2, 0.25) is 0 Å². The largest absolute Gasteiger partial charge is 0.329 e. The third kappa shape index (κ3) is 2.57. The van der Waals surface area contributed by atoms with Gasteiger partial charge in [-0.25, -0.2) is 9.37 Å². The van der Waals surface area contributed by atoms with Crippen molar-refractivity contribution in [1.82, 2.24) is 14.9 Å². The molecular weight excluding hydrogens is 325 g/mol. The molecule has 3 aromatic rings. The number of carbonyl (C=O) groups excluding carboxylic acids is 1. The van der Waals surface area contributed by atoms with Gasteiger partial charge in [-0.2, -0.15) is 0 Å². The molecule has 3 heterocycles. The monoisotopic (exact) mass is 341 g/mol. The Labute approximate surface area is 143 Å². The van der Waals surface area contributed by atoms with Gasteiger partial charge in [-0.3, -0.25) is 9.78 Å². The van der Waals surface area contributed by atoms with Crippen LogP contribution in [0.5, 0.6) is 0 Å². The van der Waals surface area contributed by atoms with Gasteiger partial charge in [0.05, 0.1) is 17.1 Å². The molecule has 122 valence electrons. The van der Waals surface area contributed by atoms with Gasteiger partial charge in [-0.15, -0.1) is 11.3 Å². The zero-order chi connectivity index (χ0) is 16.7. The van der Waals surface area contributed by atoms with Crippen LogP contribution in [-0.2, 0) is 0 Å². The van der Waals surface area contributed by atoms with Gasteiger partial charge < -0.3 is 4.90 Å². The number of thiazole rings is 1. The highest BCUT2D eigenvalue weighted by Crippen LogP contribution is 2.35. The Morgan fingerprint density at radius 3 is 3.04 bits per heavy atom. The van der Waals surface area contributed by atoms with Gasteiger partial charge in [0.25, 0.3) is 5.91 Å². The molecule has 24 heavy (non-hydrogen) atoms. The van der Waals surface area contributed by atoms with E-state index in [1.54, 1.807) is 29.7 Å². The molecule has 0 spiro atoms. The molecule has 0 saturated carbocycles. The van der Waals surface area contributed by atoms with E-state index in [4.69, 9.17) is 0 Å². The van der Waals surface area contributed by atoms with Crippen molar-refractivity contribution in [2.75, 3.05) is 6.54 Å². The lowest BCUT2D eigenvalue weighted by Crippen LogP contribution is -2.30. The Morgan fingerprint density at radius 1 is 1.38 bits per heavy atom. The van der Waals surface area contributed by atoms with E-state index < -0.39 is 0 Å². The molecule has 1 aromatic carbocycles. The second kappa shape index (κ2) is 5.94. The molecule has 6 heteroatoms. The summed E-state index contributed by atoms with van der Waals surface area (Å²) < 4.78 is 13.5. The summed E-state index contributed by atoms with van der Waals surface area (Å²) in [4.78, 5) is 23.8. The fourth-order valence-corrected chi connectivity index (χ4v) is 4.12. The zero-order valence-corrected chi connectivity index (χ0v) is 14.0. The van der Waals surface area contributed by atoms with Gasteiger partial charge in [0.1, 0.15) is 10.8 Å². The van der Waals surface area contributed by atoms with E-state index in [1.165, 1.54) is 12.1 Å². The maximum absolute atomic E-state index is 13.5. The quantitative estimate of drug-likeness (QED) is 0.704. The lowest BCUT2D eigenvalue weighted by molar-refractivity contribution is 0.0737. The van der Waals surface area contributed by atoms with E-state index in [0.29, 0.717) is 28.7 Å². The number of benzene rings is 1. The number of carbonyl (C=O) groups is 1. The molecule has 1 atom stereocenters. The van der Waals surface area contributed by atoms with Crippen LogP contribution < -0.4 is 0 Å². The first-order valence-electron chi connectivity index (χ1n) is 7.91. The zero-order valence-electron chi connectivity index (χ0n) is 13.2. The number of aryl methyl sites for hydroxylation is 1. The Morgan fingerprint density at radius 2 is 2.25 bits per heavy atom. The second-order valence-electron chi connectivity index (χ2n) is 6.00. The van der Waals surface area contributed by atoms with Crippen molar-refractivity contribution >= 4 is 28.1 Å². The highest BCUT2D eigenvalue weighted by atomic mass is 32.1. The molecule has 1 aliphatic heterocycles. The molecule has 2 aromatic heterocycles. The summed E-state index contributed by atoms with van der Waals surface area (Å²) in [5.41, 5.74) is 1.81. The second-order valence-corrected chi connectivity index (χ2v) is 6.93. The first-order valence-corrected chi connectivity index (χ1v) is 8.79. The van der Waals surface area contributed by atoms with E-state index in [1.807, 2.05) is 17.2 Å². The lowest BCUT2D eigenvalue weighted by atomic mass is 10.1. The Balaban J connectivity index is 1.78. The number of pyridine rings is 1. The summed E-state index contributed by atoms with van der Waals surface area (Å²) in [5, 5.41) is 3.60. The highest BCUT2D eigenvalue weighted by Gasteiger charge is 2.33. The van der Waals surface area contributed by atoms with Crippen molar-refractivity contribution in [1.29, 1.82) is 0 Å². The fourth-order valence-electron chi connectivity index (χ4n) is 3.33. The Hall–Kier alpha value is -2.34. The van der Waals surface area contributed by atoms with Crippen LogP contribution in [0.25, 0.3) is 10.9 Å². The van der Waals surface area contributed by atoms with Gasteiger partial charge in [-0.05, 0) is 38.0 Å². The van der Waals surface area contributed by atoms with Crippen molar-refractivity contribution in [3.8, 4) is 0 Å². The summed E-state index contributed by atoms with van der Waals surface area (Å²) in [5.74, 6) is -0.379. The van der Waals surface area contributed by atoms with Crippen LogP contribution >= 0.6 is 11.3 Å². The third-order valence-corrected chi connectivity index (χ3v) is 5.26. The normalized spacial score (nSPS) is 17.6. The van der Waals surface area contributed by atoms with Crippen molar-refractivity contribution in [3.63, 3.8) is 0 Å². The average Bonchev–Trinajstić information content (AvgIpc) is 3.23. The highest BCUT2D eigenvalue weighted by molar-refractivity contribution is 7.09. The van der Waals surface area contributed by atoms with E-state index in [0.717, 1.165) is 17.8 Å².